The Bertz CT molecular complexity index is 1160. The van der Waals surface area contributed by atoms with Crippen molar-refractivity contribution in [1.29, 1.82) is 0 Å². The Morgan fingerprint density at radius 3 is 2.67 bits per heavy atom. The number of ether oxygens (including phenoxy) is 1. The first-order chi connectivity index (χ1) is 14.1. The van der Waals surface area contributed by atoms with Gasteiger partial charge in [-0.05, 0) is 37.0 Å². The minimum Gasteiger partial charge on any atom is -0.404 e. The molecule has 2 aromatic heterocycles. The van der Waals surface area contributed by atoms with Crippen molar-refractivity contribution in [1.82, 2.24) is 15.0 Å². The minimum atomic E-state index is -4.96. The average molecular weight is 440 g/mol. The topological polar surface area (TPSA) is 88.2 Å². The summed E-state index contributed by atoms with van der Waals surface area (Å²) in [4.78, 5) is 13.0. The van der Waals surface area contributed by atoms with Crippen LogP contribution in [0.3, 0.4) is 0 Å². The lowest BCUT2D eigenvalue weighted by atomic mass is 9.81. The second kappa shape index (κ2) is 7.46. The third-order valence-electron chi connectivity index (χ3n) is 5.29. The summed E-state index contributed by atoms with van der Waals surface area (Å²) in [5.41, 5.74) is 0.714. The van der Waals surface area contributed by atoms with Crippen molar-refractivity contribution >= 4 is 26.7 Å². The number of aromatic nitrogens is 3. The molecule has 0 atom stereocenters. The maximum absolute atomic E-state index is 12.7. The summed E-state index contributed by atoms with van der Waals surface area (Å²) in [6.07, 6.45) is -0.547. The molecule has 3 aromatic rings. The standard InChI is InChI=1S/C19H19F3N4O3S/c1-26(18-14-6-7-23-17(14)24-11-25-18)13-8-12(9-13)10-30(27,28)16-5-3-2-4-15(16)29-19(20,21)22/h2-7,11-13H,8-10H2,1H3,(H,23,24,25). The number of benzene rings is 1. The lowest BCUT2D eigenvalue weighted by Gasteiger charge is -2.41. The van der Waals surface area contributed by atoms with Gasteiger partial charge in [0.1, 0.15) is 28.4 Å². The molecule has 1 aliphatic rings. The van der Waals surface area contributed by atoms with Crippen molar-refractivity contribution in [3.63, 3.8) is 0 Å². The molecule has 0 radical (unpaired) electrons. The highest BCUT2D eigenvalue weighted by molar-refractivity contribution is 7.91. The maximum atomic E-state index is 12.7. The van der Waals surface area contributed by atoms with E-state index >= 15 is 0 Å². The second-order valence-electron chi connectivity index (χ2n) is 7.32. The van der Waals surface area contributed by atoms with Crippen LogP contribution in [-0.4, -0.2) is 48.6 Å². The van der Waals surface area contributed by atoms with Crippen LogP contribution in [0, 0.1) is 5.92 Å². The van der Waals surface area contributed by atoms with Gasteiger partial charge >= 0.3 is 6.36 Å². The Hall–Kier alpha value is -2.82. The number of nitrogens with one attached hydrogen (secondary N) is 1. The van der Waals surface area contributed by atoms with Crippen molar-refractivity contribution in [3.8, 4) is 5.75 Å². The molecule has 4 rings (SSSR count). The fourth-order valence-corrected chi connectivity index (χ4v) is 5.56. The Kier molecular flexibility index (Phi) is 5.08. The van der Waals surface area contributed by atoms with Gasteiger partial charge in [0.2, 0.25) is 0 Å². The Labute approximate surface area is 170 Å². The molecule has 0 amide bonds. The summed E-state index contributed by atoms with van der Waals surface area (Å²) in [6.45, 7) is 0. The monoisotopic (exact) mass is 440 g/mol. The highest BCUT2D eigenvalue weighted by Crippen LogP contribution is 2.38. The number of anilines is 1. The first-order valence-corrected chi connectivity index (χ1v) is 10.9. The van der Waals surface area contributed by atoms with Crippen molar-refractivity contribution in [2.24, 2.45) is 5.92 Å². The number of rotatable bonds is 6. The van der Waals surface area contributed by atoms with E-state index < -0.39 is 26.8 Å². The average Bonchev–Trinajstić information content (AvgIpc) is 3.11. The van der Waals surface area contributed by atoms with Crippen LogP contribution in [0.25, 0.3) is 11.0 Å². The molecule has 11 heteroatoms. The van der Waals surface area contributed by atoms with Crippen LogP contribution in [-0.2, 0) is 9.84 Å². The van der Waals surface area contributed by atoms with Crippen LogP contribution in [0.15, 0.2) is 47.8 Å². The van der Waals surface area contributed by atoms with Gasteiger partial charge in [0.25, 0.3) is 0 Å². The zero-order chi connectivity index (χ0) is 21.5. The van der Waals surface area contributed by atoms with Crippen LogP contribution in [0.1, 0.15) is 12.8 Å². The number of halogens is 3. The highest BCUT2D eigenvalue weighted by Gasteiger charge is 2.38. The van der Waals surface area contributed by atoms with Crippen molar-refractivity contribution in [2.75, 3.05) is 17.7 Å². The number of hydrogen-bond donors (Lipinski definition) is 1. The third-order valence-corrected chi connectivity index (χ3v) is 7.21. The summed E-state index contributed by atoms with van der Waals surface area (Å²) < 4.78 is 67.2. The van der Waals surface area contributed by atoms with Gasteiger partial charge in [-0.25, -0.2) is 18.4 Å². The minimum absolute atomic E-state index is 0.0832. The number of para-hydroxylation sites is 1. The van der Waals surface area contributed by atoms with Crippen LogP contribution < -0.4 is 9.64 Å². The quantitative estimate of drug-likeness (QED) is 0.631. The second-order valence-corrected chi connectivity index (χ2v) is 9.32. The summed E-state index contributed by atoms with van der Waals surface area (Å²) in [7, 11) is -2.05. The van der Waals surface area contributed by atoms with E-state index in [0.29, 0.717) is 18.5 Å². The number of H-pyrrole nitrogens is 1. The zero-order valence-corrected chi connectivity index (χ0v) is 16.7. The number of aromatic amines is 1. The van der Waals surface area contributed by atoms with Gasteiger partial charge in [0.05, 0.1) is 11.1 Å². The van der Waals surface area contributed by atoms with E-state index in [9.17, 15) is 21.6 Å². The molecule has 1 aromatic carbocycles. The fourth-order valence-electron chi connectivity index (χ4n) is 3.78. The molecule has 0 spiro atoms. The van der Waals surface area contributed by atoms with E-state index in [4.69, 9.17) is 0 Å². The molecular weight excluding hydrogens is 421 g/mol. The molecule has 160 valence electrons. The van der Waals surface area contributed by atoms with Crippen molar-refractivity contribution in [3.05, 3.63) is 42.9 Å². The predicted molar refractivity (Wildman–Crippen MR) is 104 cm³/mol. The predicted octanol–water partition coefficient (Wildman–Crippen LogP) is 3.55. The van der Waals surface area contributed by atoms with Crippen LogP contribution >= 0.6 is 0 Å². The maximum Gasteiger partial charge on any atom is 0.573 e. The number of alkyl halides is 3. The van der Waals surface area contributed by atoms with Crippen LogP contribution in [0.4, 0.5) is 19.0 Å². The summed E-state index contributed by atoms with van der Waals surface area (Å²) in [5.74, 6) is -0.353. The lowest BCUT2D eigenvalue weighted by molar-refractivity contribution is -0.275. The number of sulfone groups is 1. The Morgan fingerprint density at radius 2 is 1.93 bits per heavy atom. The first-order valence-electron chi connectivity index (χ1n) is 9.22. The molecule has 1 aliphatic carbocycles. The summed E-state index contributed by atoms with van der Waals surface area (Å²) in [6, 6.07) is 6.79. The van der Waals surface area contributed by atoms with E-state index in [2.05, 4.69) is 19.7 Å². The van der Waals surface area contributed by atoms with Crippen molar-refractivity contribution < 1.29 is 26.3 Å². The van der Waals surface area contributed by atoms with Gasteiger partial charge in [0.15, 0.2) is 9.84 Å². The molecule has 0 unspecified atom stereocenters. The van der Waals surface area contributed by atoms with Gasteiger partial charge in [-0.3, -0.25) is 0 Å². The fraction of sp³-hybridized carbons (Fsp3) is 0.368. The molecule has 1 saturated carbocycles. The zero-order valence-electron chi connectivity index (χ0n) is 15.9. The molecule has 2 heterocycles. The molecule has 30 heavy (non-hydrogen) atoms. The lowest BCUT2D eigenvalue weighted by Crippen LogP contribution is -2.45. The Balaban J connectivity index is 1.44. The van der Waals surface area contributed by atoms with E-state index in [1.54, 1.807) is 6.20 Å². The van der Waals surface area contributed by atoms with E-state index in [-0.39, 0.29) is 17.7 Å². The van der Waals surface area contributed by atoms with Crippen LogP contribution in [0.2, 0.25) is 0 Å². The van der Waals surface area contributed by atoms with E-state index in [1.807, 2.05) is 18.0 Å². The molecular formula is C19H19F3N4O3S. The van der Waals surface area contributed by atoms with Gasteiger partial charge in [-0.15, -0.1) is 13.2 Å². The molecule has 7 nitrogen and oxygen atoms in total. The molecule has 0 saturated heterocycles. The van der Waals surface area contributed by atoms with Gasteiger partial charge in [-0.2, -0.15) is 0 Å². The number of nitrogens with zero attached hydrogens (tertiary/aromatic N) is 3. The van der Waals surface area contributed by atoms with Gasteiger partial charge < -0.3 is 14.6 Å². The van der Waals surface area contributed by atoms with Gasteiger partial charge in [-0.1, -0.05) is 12.1 Å². The number of hydrogen-bond acceptors (Lipinski definition) is 6. The Morgan fingerprint density at radius 1 is 1.20 bits per heavy atom. The summed E-state index contributed by atoms with van der Waals surface area (Å²) >= 11 is 0. The van der Waals surface area contributed by atoms with Crippen LogP contribution in [0.5, 0.6) is 5.75 Å². The molecule has 1 fully saturated rings. The van der Waals surface area contributed by atoms with Crippen molar-refractivity contribution in [2.45, 2.75) is 30.1 Å². The SMILES string of the molecule is CN(c1ncnc2[nH]ccc12)C1CC(CS(=O)(=O)c2ccccc2OC(F)(F)F)C1. The van der Waals surface area contributed by atoms with E-state index in [0.717, 1.165) is 23.3 Å². The van der Waals surface area contributed by atoms with E-state index in [1.165, 1.54) is 18.5 Å². The molecule has 0 aliphatic heterocycles. The highest BCUT2D eigenvalue weighted by atomic mass is 32.2. The number of fused-ring (bicyclic) bond motifs is 1. The first kappa shape index (κ1) is 20.5. The smallest absolute Gasteiger partial charge is 0.404 e. The molecule has 1 N–H and O–H groups in total. The summed E-state index contributed by atoms with van der Waals surface area (Å²) in [5, 5.41) is 0.870. The third kappa shape index (κ3) is 4.07. The largest absolute Gasteiger partial charge is 0.573 e. The molecule has 0 bridgehead atoms. The normalized spacial score (nSPS) is 19.5. The van der Waals surface area contributed by atoms with Gasteiger partial charge in [0, 0.05) is 19.3 Å².